The molecule has 1 aromatic rings. The number of carbonyl (C=O) groups excluding carboxylic acids is 2. The molecule has 1 aliphatic heterocycles. The Balaban J connectivity index is 1.60. The highest BCUT2D eigenvalue weighted by Crippen LogP contribution is 2.18. The lowest BCUT2D eigenvalue weighted by molar-refractivity contribution is 0.0152. The zero-order chi connectivity index (χ0) is 20.6. The molecule has 1 aromatic carbocycles. The number of hydrogen-bond donors (Lipinski definition) is 1. The smallest absolute Gasteiger partial charge is 0.410 e. The summed E-state index contributed by atoms with van der Waals surface area (Å²) in [6, 6.07) is 9.80. The fourth-order valence-corrected chi connectivity index (χ4v) is 3.10. The Labute approximate surface area is 168 Å². The molecule has 0 aromatic heterocycles. The molecule has 2 amide bonds. The molecule has 7 heteroatoms. The van der Waals surface area contributed by atoms with E-state index in [1.54, 1.807) is 11.9 Å². The number of hydrogen-bond acceptors (Lipinski definition) is 5. The number of benzene rings is 1. The molecular weight excluding hydrogens is 358 g/mol. The van der Waals surface area contributed by atoms with Gasteiger partial charge in [0.2, 0.25) is 0 Å². The molecule has 0 radical (unpaired) electrons. The summed E-state index contributed by atoms with van der Waals surface area (Å²) in [7, 11) is 1.80. The second kappa shape index (κ2) is 10.3. The van der Waals surface area contributed by atoms with Crippen LogP contribution in [0.3, 0.4) is 0 Å². The number of amides is 2. The SMILES string of the molecule is CN(C(=O)OC(C)(C)C)C1CCN(CCNC(=O)OCc2ccccc2)CC1. The molecule has 7 nitrogen and oxygen atoms in total. The van der Waals surface area contributed by atoms with E-state index in [9.17, 15) is 9.59 Å². The summed E-state index contributed by atoms with van der Waals surface area (Å²) in [5, 5.41) is 2.79. The second-order valence-corrected chi connectivity index (χ2v) is 8.15. The van der Waals surface area contributed by atoms with E-state index in [-0.39, 0.29) is 18.7 Å². The van der Waals surface area contributed by atoms with E-state index >= 15 is 0 Å². The zero-order valence-corrected chi connectivity index (χ0v) is 17.4. The van der Waals surface area contributed by atoms with Gasteiger partial charge in [0, 0.05) is 39.3 Å². The van der Waals surface area contributed by atoms with Crippen molar-refractivity contribution >= 4 is 12.2 Å². The van der Waals surface area contributed by atoms with Gasteiger partial charge < -0.3 is 24.6 Å². The van der Waals surface area contributed by atoms with Crippen molar-refractivity contribution < 1.29 is 19.1 Å². The van der Waals surface area contributed by atoms with Crippen molar-refractivity contribution in [3.63, 3.8) is 0 Å². The van der Waals surface area contributed by atoms with Gasteiger partial charge in [0.15, 0.2) is 0 Å². The molecule has 0 atom stereocenters. The summed E-state index contributed by atoms with van der Waals surface area (Å²) in [5.41, 5.74) is 0.487. The topological polar surface area (TPSA) is 71.1 Å². The van der Waals surface area contributed by atoms with E-state index in [0.717, 1.165) is 38.0 Å². The molecule has 1 N–H and O–H groups in total. The largest absolute Gasteiger partial charge is 0.445 e. The molecule has 2 rings (SSSR count). The monoisotopic (exact) mass is 391 g/mol. The van der Waals surface area contributed by atoms with Gasteiger partial charge in [-0.2, -0.15) is 0 Å². The lowest BCUT2D eigenvalue weighted by atomic mass is 10.0. The lowest BCUT2D eigenvalue weighted by Crippen LogP contribution is -2.48. The van der Waals surface area contributed by atoms with Gasteiger partial charge in [-0.3, -0.25) is 0 Å². The maximum Gasteiger partial charge on any atom is 0.410 e. The number of alkyl carbamates (subject to hydrolysis) is 1. The van der Waals surface area contributed by atoms with Crippen LogP contribution in [0.15, 0.2) is 30.3 Å². The number of rotatable bonds is 6. The summed E-state index contributed by atoms with van der Waals surface area (Å²) in [6.07, 6.45) is 1.12. The van der Waals surface area contributed by atoms with Crippen LogP contribution in [0.4, 0.5) is 9.59 Å². The minimum Gasteiger partial charge on any atom is -0.445 e. The van der Waals surface area contributed by atoms with E-state index in [2.05, 4.69) is 10.2 Å². The maximum absolute atomic E-state index is 12.2. The summed E-state index contributed by atoms with van der Waals surface area (Å²) >= 11 is 0. The Hall–Kier alpha value is -2.28. The van der Waals surface area contributed by atoms with Gasteiger partial charge in [0.1, 0.15) is 12.2 Å². The molecular formula is C21H33N3O4. The van der Waals surface area contributed by atoms with Crippen LogP contribution in [0.2, 0.25) is 0 Å². The van der Waals surface area contributed by atoms with E-state index in [4.69, 9.17) is 9.47 Å². The fourth-order valence-electron chi connectivity index (χ4n) is 3.10. The Morgan fingerprint density at radius 3 is 2.43 bits per heavy atom. The van der Waals surface area contributed by atoms with Crippen molar-refractivity contribution in [2.75, 3.05) is 33.2 Å². The van der Waals surface area contributed by atoms with Crippen LogP contribution in [-0.2, 0) is 16.1 Å². The van der Waals surface area contributed by atoms with Crippen molar-refractivity contribution in [1.29, 1.82) is 0 Å². The third kappa shape index (κ3) is 7.76. The molecule has 1 heterocycles. The van der Waals surface area contributed by atoms with E-state index in [1.165, 1.54) is 0 Å². The minimum absolute atomic E-state index is 0.190. The average molecular weight is 392 g/mol. The molecule has 156 valence electrons. The Kier molecular flexibility index (Phi) is 8.11. The summed E-state index contributed by atoms with van der Waals surface area (Å²) < 4.78 is 10.6. The van der Waals surface area contributed by atoms with E-state index < -0.39 is 11.7 Å². The van der Waals surface area contributed by atoms with Gasteiger partial charge in [-0.25, -0.2) is 9.59 Å². The van der Waals surface area contributed by atoms with Gasteiger partial charge in [-0.1, -0.05) is 30.3 Å². The molecule has 0 unspecified atom stereocenters. The van der Waals surface area contributed by atoms with Crippen LogP contribution in [-0.4, -0.2) is 66.9 Å². The molecule has 28 heavy (non-hydrogen) atoms. The van der Waals surface area contributed by atoms with Crippen molar-refractivity contribution in [2.45, 2.75) is 51.9 Å². The van der Waals surface area contributed by atoms with Gasteiger partial charge >= 0.3 is 12.2 Å². The van der Waals surface area contributed by atoms with Crippen molar-refractivity contribution in [3.05, 3.63) is 35.9 Å². The molecule has 0 aliphatic carbocycles. The predicted molar refractivity (Wildman–Crippen MR) is 108 cm³/mol. The number of ether oxygens (including phenoxy) is 2. The van der Waals surface area contributed by atoms with Gasteiger partial charge in [-0.15, -0.1) is 0 Å². The van der Waals surface area contributed by atoms with Crippen molar-refractivity contribution in [1.82, 2.24) is 15.1 Å². The molecule has 1 aliphatic rings. The summed E-state index contributed by atoms with van der Waals surface area (Å²) in [6.45, 7) is 8.98. The predicted octanol–water partition coefficient (Wildman–Crippen LogP) is 3.24. The lowest BCUT2D eigenvalue weighted by Gasteiger charge is -2.37. The first kappa shape index (κ1) is 22.0. The first-order chi connectivity index (χ1) is 13.2. The number of carbonyl (C=O) groups is 2. The molecule has 0 spiro atoms. The van der Waals surface area contributed by atoms with Gasteiger partial charge in [-0.05, 0) is 39.2 Å². The summed E-state index contributed by atoms with van der Waals surface area (Å²) in [5.74, 6) is 0. The fraction of sp³-hybridized carbons (Fsp3) is 0.619. The van der Waals surface area contributed by atoms with Crippen LogP contribution >= 0.6 is 0 Å². The first-order valence-corrected chi connectivity index (χ1v) is 9.87. The molecule has 1 fully saturated rings. The number of nitrogens with zero attached hydrogens (tertiary/aromatic N) is 2. The first-order valence-electron chi connectivity index (χ1n) is 9.87. The zero-order valence-electron chi connectivity index (χ0n) is 17.4. The molecule has 1 saturated heterocycles. The van der Waals surface area contributed by atoms with Crippen LogP contribution in [0.5, 0.6) is 0 Å². The highest BCUT2D eigenvalue weighted by atomic mass is 16.6. The van der Waals surface area contributed by atoms with Crippen molar-refractivity contribution in [2.24, 2.45) is 0 Å². The second-order valence-electron chi connectivity index (χ2n) is 8.15. The van der Waals surface area contributed by atoms with Crippen LogP contribution in [0.1, 0.15) is 39.2 Å². The number of likely N-dealkylation sites (tertiary alicyclic amines) is 1. The third-order valence-electron chi connectivity index (χ3n) is 4.70. The average Bonchev–Trinajstić information content (AvgIpc) is 2.66. The Bertz CT molecular complexity index is 622. The third-order valence-corrected chi connectivity index (χ3v) is 4.70. The maximum atomic E-state index is 12.2. The van der Waals surface area contributed by atoms with Crippen LogP contribution in [0, 0.1) is 0 Å². The Morgan fingerprint density at radius 2 is 1.82 bits per heavy atom. The normalized spacial score (nSPS) is 15.7. The number of nitrogens with one attached hydrogen (secondary N) is 1. The Morgan fingerprint density at radius 1 is 1.18 bits per heavy atom. The van der Waals surface area contributed by atoms with E-state index in [0.29, 0.717) is 6.54 Å². The van der Waals surface area contributed by atoms with Crippen LogP contribution < -0.4 is 5.32 Å². The quantitative estimate of drug-likeness (QED) is 0.806. The molecule has 0 bridgehead atoms. The van der Waals surface area contributed by atoms with Crippen LogP contribution in [0.25, 0.3) is 0 Å². The number of piperidine rings is 1. The van der Waals surface area contributed by atoms with Gasteiger partial charge in [0.25, 0.3) is 0 Å². The molecule has 0 saturated carbocycles. The highest BCUT2D eigenvalue weighted by Gasteiger charge is 2.28. The minimum atomic E-state index is -0.479. The summed E-state index contributed by atoms with van der Waals surface area (Å²) in [4.78, 5) is 28.0. The van der Waals surface area contributed by atoms with Crippen molar-refractivity contribution in [3.8, 4) is 0 Å². The van der Waals surface area contributed by atoms with E-state index in [1.807, 2.05) is 51.1 Å². The van der Waals surface area contributed by atoms with Gasteiger partial charge in [0.05, 0.1) is 0 Å². The standard InChI is InChI=1S/C21H33N3O4/c1-21(2,3)28-20(26)23(4)18-10-13-24(14-11-18)15-12-22-19(25)27-16-17-8-6-5-7-9-17/h5-9,18H,10-16H2,1-4H3,(H,22,25). The highest BCUT2D eigenvalue weighted by molar-refractivity contribution is 5.68.